The van der Waals surface area contributed by atoms with Crippen LogP contribution in [0, 0.1) is 12.8 Å². The molecular formula is C54H81N4O38P6S4+. The van der Waals surface area contributed by atoms with Crippen LogP contribution < -0.4 is 16.1 Å². The second kappa shape index (κ2) is 36.0. The first-order valence-electron chi connectivity index (χ1n) is 31.6. The number of Topliss-reactive ketones (excluding diaryl/α,β-unsaturated/α-hetero) is 1. The van der Waals surface area contributed by atoms with Crippen molar-refractivity contribution in [3.8, 4) is 0 Å². The molecule has 42 nitrogen and oxygen atoms in total. The van der Waals surface area contributed by atoms with Crippen LogP contribution in [0.25, 0.3) is 0 Å². The Morgan fingerprint density at radius 2 is 1.25 bits per heavy atom. The van der Waals surface area contributed by atoms with Crippen molar-refractivity contribution in [2.75, 3.05) is 55.1 Å². The topological polar surface area (TPSA) is 640 Å². The molecule has 2 aromatic carbocycles. The number of aromatic amines is 1. The first-order chi connectivity index (χ1) is 48.5. The zero-order valence-electron chi connectivity index (χ0n) is 56.6. The van der Waals surface area contributed by atoms with E-state index in [0.717, 1.165) is 33.8 Å². The molecule has 0 saturated carbocycles. The van der Waals surface area contributed by atoms with Crippen LogP contribution in [0.5, 0.6) is 0 Å². The third kappa shape index (κ3) is 27.5. The van der Waals surface area contributed by atoms with Gasteiger partial charge in [-0.05, 0) is 96.1 Å². The van der Waals surface area contributed by atoms with E-state index < -0.39 is 194 Å². The normalized spacial score (nSPS) is 22.6. The number of carbonyl (C=O) groups excluding carboxylic acids is 2. The quantitative estimate of drug-likeness (QED) is 0.0104. The summed E-state index contributed by atoms with van der Waals surface area (Å²) in [6.45, 7) is 4.84. The van der Waals surface area contributed by atoms with Gasteiger partial charge in [-0.25, -0.2) is 32.2 Å². The van der Waals surface area contributed by atoms with Crippen molar-refractivity contribution in [1.29, 1.82) is 0 Å². The number of aliphatic hydroxyl groups is 1. The number of ketones is 1. The number of nitrogens with one attached hydrogen (secondary N) is 1. The van der Waals surface area contributed by atoms with Gasteiger partial charge in [-0.3, -0.25) is 51.2 Å². The lowest BCUT2D eigenvalue weighted by Crippen LogP contribution is -2.33. The number of hydrogen-bond donors (Lipinski definition) is 12. The highest BCUT2D eigenvalue weighted by atomic mass is 32.2. The van der Waals surface area contributed by atoms with E-state index in [4.69, 9.17) is 9.47 Å². The van der Waals surface area contributed by atoms with Crippen LogP contribution in [0.4, 0.5) is 11.4 Å². The number of fused-ring (bicyclic) bond motifs is 2. The molecule has 0 radical (unpaired) electrons. The highest BCUT2D eigenvalue weighted by Gasteiger charge is 2.51. The Morgan fingerprint density at radius 3 is 1.84 bits per heavy atom. The Balaban J connectivity index is 0.972. The van der Waals surface area contributed by atoms with E-state index in [1.54, 1.807) is 30.1 Å². The number of nitrogens with zero attached hydrogens (tertiary/aromatic N) is 3. The van der Waals surface area contributed by atoms with Gasteiger partial charge in [0.25, 0.3) is 46.0 Å². The highest BCUT2D eigenvalue weighted by molar-refractivity contribution is 7.86. The number of anilines is 1. The lowest BCUT2D eigenvalue weighted by atomic mass is 9.77. The molecule has 6 rings (SSSR count). The van der Waals surface area contributed by atoms with E-state index >= 15 is 0 Å². The Kier molecular flexibility index (Phi) is 30.7. The number of aromatic nitrogens is 2. The average molecular weight is 1710 g/mol. The van der Waals surface area contributed by atoms with E-state index in [2.05, 4.69) is 30.6 Å². The average Bonchev–Trinajstić information content (AvgIpc) is 1.59. The molecular weight excluding hydrogens is 1630 g/mol. The van der Waals surface area contributed by atoms with Crippen LogP contribution >= 0.6 is 46.9 Å². The van der Waals surface area contributed by atoms with Crippen molar-refractivity contribution in [2.45, 2.75) is 145 Å². The second-order valence-electron chi connectivity index (χ2n) is 25.1. The van der Waals surface area contributed by atoms with Gasteiger partial charge < -0.3 is 48.8 Å². The number of H-pyrrole nitrogens is 1. The lowest BCUT2D eigenvalue weighted by molar-refractivity contribution is -0.437. The minimum absolute atomic E-state index is 0.0111. The molecule has 3 aliphatic rings. The Morgan fingerprint density at radius 1 is 0.698 bits per heavy atom. The zero-order chi connectivity index (χ0) is 79.7. The van der Waals surface area contributed by atoms with E-state index in [9.17, 15) is 133 Å². The first-order valence-corrected chi connectivity index (χ1v) is 46.8. The van der Waals surface area contributed by atoms with Gasteiger partial charge in [-0.15, -0.1) is 0 Å². The van der Waals surface area contributed by atoms with Gasteiger partial charge in [0.1, 0.15) is 24.7 Å². The SMILES string of the molecule is Cc1cn([C@H]2C[C@@H](O)[C@@H](COP(=O)(O)OP(=O)(O)OP(=O)(O)OP(=O)(O)OP(=O)(O)OP(=O)(O)OCCCCCCOC(=O)C(CC(=O)CCCCCC3(C)/C(=C\C=C\C4=[N+](CCCS(=O)(=O)O)c5ccccc5C4(C)C)N(CCCS(=O)(=O)O)c4ccc(S(=O)(=O)O)cc43)CS(=O)(=O)O)O2)c(=O)[nH]c1=O. The molecule has 3 aliphatic heterocycles. The lowest BCUT2D eigenvalue weighted by Gasteiger charge is -2.30. The number of rotatable bonds is 44. The molecule has 1 aromatic heterocycles. The van der Waals surface area contributed by atoms with E-state index in [-0.39, 0.29) is 82.9 Å². The number of aryl methyl sites for hydroxylation is 1. The van der Waals surface area contributed by atoms with Crippen molar-refractivity contribution in [3.05, 3.63) is 110 Å². The predicted molar refractivity (Wildman–Crippen MR) is 368 cm³/mol. The molecule has 52 heteroatoms. The van der Waals surface area contributed by atoms with Crippen LogP contribution in [0.3, 0.4) is 0 Å². The molecule has 0 amide bonds. The number of ether oxygens (including phenoxy) is 2. The summed E-state index contributed by atoms with van der Waals surface area (Å²) in [5, 5.41) is 10.3. The molecule has 0 bridgehead atoms. The number of allylic oxidation sites excluding steroid dienone is 4. The maximum atomic E-state index is 13.4. The van der Waals surface area contributed by atoms with Crippen molar-refractivity contribution in [2.24, 2.45) is 5.92 Å². The minimum atomic E-state index is -6.62. The molecule has 1 saturated heterocycles. The first kappa shape index (κ1) is 90.5. The van der Waals surface area contributed by atoms with Crippen LogP contribution in [0.1, 0.15) is 127 Å². The summed E-state index contributed by atoms with van der Waals surface area (Å²) >= 11 is 0. The van der Waals surface area contributed by atoms with Crippen molar-refractivity contribution in [3.63, 3.8) is 0 Å². The highest BCUT2D eigenvalue weighted by Crippen LogP contribution is 2.75. The summed E-state index contributed by atoms with van der Waals surface area (Å²) in [6, 6.07) is 11.3. The molecule has 1 fully saturated rings. The number of phosphoric ester groups is 2. The number of aliphatic hydroxyl groups excluding tert-OH is 1. The largest absolute Gasteiger partial charge is 0.490 e. The fraction of sp³-hybridized carbons (Fsp3) is 0.574. The van der Waals surface area contributed by atoms with E-state index in [0.29, 0.717) is 29.8 Å². The molecule has 11 atom stereocenters. The smallest absolute Gasteiger partial charge is 0.465 e. The van der Waals surface area contributed by atoms with Gasteiger partial charge in [-0.1, -0.05) is 43.5 Å². The van der Waals surface area contributed by atoms with Gasteiger partial charge in [0.2, 0.25) is 5.69 Å². The standard InChI is InChI=1S/C54H80N4O38P6S4/c1-37-34-58(52(63)55-50(37)61)49-33-45(60)46(91-49)35-90-98(66,67)93-100(70,71)95-102(74,75)96-101(72,73)94-99(68,69)92-97(64,65)89-28-13-6-5-12-27-88-51(62)38(36-105(82,83)84)31-39(59)17-8-7-11-24-54(4)42-32-40(106(85,86)87)22-23-44(42)57(26-16-30-104(79,80)81)48(54)21-14-20-47-53(2,3)41-18-9-10-19-43(41)56(47)25-15-29-103(76,77)78/h9-10,14,18-23,32,34,38,45-46,49,60H,5-8,11-13,15-17,24-31,33,35-36H2,1-4H3,(H10-,55,61,63,64,65,66,67,68,69,70,71,72,73,74,75,76,77,78,79,80,81,82,83,84,85,86,87)/p+1/t38?,45-,46-,49-,54?/m1/s1. The third-order valence-electron chi connectivity index (χ3n) is 16.4. The number of benzene rings is 2. The third-order valence-corrected chi connectivity index (χ3v) is 28.9. The maximum Gasteiger partial charge on any atom is 0.490 e. The maximum absolute atomic E-state index is 13.4. The second-order valence-corrected chi connectivity index (χ2v) is 40.6. The monoisotopic (exact) mass is 1710 g/mol. The fourth-order valence-electron chi connectivity index (χ4n) is 11.7. The van der Waals surface area contributed by atoms with Crippen molar-refractivity contribution in [1.82, 2.24) is 9.55 Å². The van der Waals surface area contributed by atoms with Crippen molar-refractivity contribution < 1.29 is 168 Å². The van der Waals surface area contributed by atoms with Crippen LogP contribution in [-0.2, 0) is 128 Å². The summed E-state index contributed by atoms with van der Waals surface area (Å²) in [5.41, 5.74) is 0.360. The van der Waals surface area contributed by atoms with Gasteiger partial charge in [0, 0.05) is 78.5 Å². The van der Waals surface area contributed by atoms with Crippen LogP contribution in [-0.4, -0.2) is 180 Å². The number of esters is 1. The molecule has 598 valence electrons. The fourth-order valence-corrected chi connectivity index (χ4v) is 21.8. The molecule has 106 heavy (non-hydrogen) atoms. The number of para-hydroxylation sites is 1. The summed E-state index contributed by atoms with van der Waals surface area (Å²) in [7, 11) is -56.3. The summed E-state index contributed by atoms with van der Waals surface area (Å²) in [5.74, 6) is -5.88. The number of carbonyl (C=O) groups is 2. The summed E-state index contributed by atoms with van der Waals surface area (Å²) < 4.78 is 251. The molecule has 4 heterocycles. The summed E-state index contributed by atoms with van der Waals surface area (Å²) in [6.07, 6.45) is 1.52. The van der Waals surface area contributed by atoms with Crippen molar-refractivity contribution >= 4 is 116 Å². The number of phosphoric acid groups is 6. The van der Waals surface area contributed by atoms with Gasteiger partial charge in [-0.2, -0.15) is 59.8 Å². The van der Waals surface area contributed by atoms with E-state index in [1.807, 2.05) is 47.7 Å². The molecule has 12 N–H and O–H groups in total. The number of hydrogen-bond acceptors (Lipinski definition) is 29. The Labute approximate surface area is 607 Å². The van der Waals surface area contributed by atoms with Crippen LogP contribution in [0.15, 0.2) is 87.1 Å². The number of unbranched alkanes of at least 4 members (excludes halogenated alkanes) is 5. The van der Waals surface area contributed by atoms with Gasteiger partial charge >= 0.3 is 58.6 Å². The summed E-state index contributed by atoms with van der Waals surface area (Å²) in [4.78, 5) is 113. The predicted octanol–water partition coefficient (Wildman–Crippen LogP) is 5.83. The minimum Gasteiger partial charge on any atom is -0.465 e. The molecule has 0 aliphatic carbocycles. The van der Waals surface area contributed by atoms with Gasteiger partial charge in [0.15, 0.2) is 5.71 Å². The molecule has 3 aromatic rings. The van der Waals surface area contributed by atoms with Crippen LogP contribution in [0.2, 0.25) is 0 Å². The molecule has 8 unspecified atom stereocenters. The Bertz CT molecular complexity index is 4780. The van der Waals surface area contributed by atoms with E-state index in [1.165, 1.54) is 19.1 Å². The Hall–Kier alpha value is -4.37. The zero-order valence-corrected chi connectivity index (χ0v) is 65.2. The van der Waals surface area contributed by atoms with Gasteiger partial charge in [0.05, 0.1) is 59.4 Å². The molecule has 0 spiro atoms.